The number of nitrogens with one attached hydrogen (secondary N) is 1. The minimum absolute atomic E-state index is 0.250. The zero-order valence-corrected chi connectivity index (χ0v) is 13.7. The standard InChI is InChI=1S/C18H17F2NO4/c1-24-10-11-4-3-5-12(8-11)17(22)21-16(18(23)25-2)14-9-13(19)6-7-15(14)20/h3-9,16H,10H2,1-2H3,(H,21,22)/t16-/m1/s1. The molecule has 0 heterocycles. The molecule has 1 N–H and O–H groups in total. The molecule has 0 radical (unpaired) electrons. The summed E-state index contributed by atoms with van der Waals surface area (Å²) in [6, 6.07) is 7.70. The van der Waals surface area contributed by atoms with E-state index < -0.39 is 29.6 Å². The lowest BCUT2D eigenvalue weighted by atomic mass is 10.0. The molecule has 7 heteroatoms. The van der Waals surface area contributed by atoms with Crippen LogP contribution >= 0.6 is 0 Å². The van der Waals surface area contributed by atoms with Crippen molar-refractivity contribution in [2.24, 2.45) is 0 Å². The third-order valence-electron chi connectivity index (χ3n) is 3.48. The molecule has 1 amide bonds. The number of carbonyl (C=O) groups excluding carboxylic acids is 2. The molecule has 0 saturated heterocycles. The average molecular weight is 349 g/mol. The second-order valence-corrected chi connectivity index (χ2v) is 5.23. The summed E-state index contributed by atoms with van der Waals surface area (Å²) in [5.74, 6) is -3.10. The fraction of sp³-hybridized carbons (Fsp3) is 0.222. The number of rotatable bonds is 6. The highest BCUT2D eigenvalue weighted by Crippen LogP contribution is 2.20. The summed E-state index contributed by atoms with van der Waals surface area (Å²) >= 11 is 0. The highest BCUT2D eigenvalue weighted by atomic mass is 19.1. The van der Waals surface area contributed by atoms with Crippen molar-refractivity contribution >= 4 is 11.9 Å². The third kappa shape index (κ3) is 4.60. The predicted molar refractivity (Wildman–Crippen MR) is 85.7 cm³/mol. The first-order valence-electron chi connectivity index (χ1n) is 7.37. The molecule has 0 aliphatic carbocycles. The molecule has 2 aromatic carbocycles. The van der Waals surface area contributed by atoms with Crippen LogP contribution in [-0.2, 0) is 20.9 Å². The first-order valence-corrected chi connectivity index (χ1v) is 7.37. The zero-order chi connectivity index (χ0) is 18.4. The molecular weight excluding hydrogens is 332 g/mol. The van der Waals surface area contributed by atoms with Crippen molar-refractivity contribution in [1.29, 1.82) is 0 Å². The van der Waals surface area contributed by atoms with Crippen LogP contribution in [0.2, 0.25) is 0 Å². The van der Waals surface area contributed by atoms with E-state index in [0.29, 0.717) is 6.61 Å². The summed E-state index contributed by atoms with van der Waals surface area (Å²) in [5, 5.41) is 2.38. The molecule has 0 bridgehead atoms. The minimum atomic E-state index is -1.47. The molecule has 132 valence electrons. The zero-order valence-electron chi connectivity index (χ0n) is 13.7. The normalized spacial score (nSPS) is 11.7. The van der Waals surface area contributed by atoms with Crippen molar-refractivity contribution in [2.75, 3.05) is 14.2 Å². The van der Waals surface area contributed by atoms with Crippen LogP contribution in [0, 0.1) is 11.6 Å². The van der Waals surface area contributed by atoms with E-state index in [1.807, 2.05) is 0 Å². The largest absolute Gasteiger partial charge is 0.467 e. The second kappa shape index (κ2) is 8.34. The minimum Gasteiger partial charge on any atom is -0.467 e. The molecule has 0 saturated carbocycles. The Kier molecular flexibility index (Phi) is 6.19. The first kappa shape index (κ1) is 18.5. The topological polar surface area (TPSA) is 64.6 Å². The number of hydrogen-bond acceptors (Lipinski definition) is 4. The van der Waals surface area contributed by atoms with Gasteiger partial charge in [0.2, 0.25) is 0 Å². The van der Waals surface area contributed by atoms with Crippen LogP contribution in [0.5, 0.6) is 0 Å². The number of methoxy groups -OCH3 is 2. The predicted octanol–water partition coefficient (Wildman–Crippen LogP) is 2.76. The van der Waals surface area contributed by atoms with Gasteiger partial charge in [-0.15, -0.1) is 0 Å². The quantitative estimate of drug-likeness (QED) is 0.815. The highest BCUT2D eigenvalue weighted by molar-refractivity contribution is 5.97. The van der Waals surface area contributed by atoms with Gasteiger partial charge in [-0.25, -0.2) is 13.6 Å². The fourth-order valence-corrected chi connectivity index (χ4v) is 2.30. The lowest BCUT2D eigenvalue weighted by molar-refractivity contribution is -0.143. The molecular formula is C18H17F2NO4. The SMILES string of the molecule is COCc1cccc(C(=O)N[C@@H](C(=O)OC)c2cc(F)ccc2F)c1. The molecule has 2 rings (SSSR count). The van der Waals surface area contributed by atoms with Gasteiger partial charge >= 0.3 is 5.97 Å². The molecule has 0 aliphatic heterocycles. The molecule has 0 spiro atoms. The van der Waals surface area contributed by atoms with E-state index in [1.165, 1.54) is 13.2 Å². The molecule has 0 unspecified atom stereocenters. The van der Waals surface area contributed by atoms with Crippen molar-refractivity contribution in [3.05, 3.63) is 70.8 Å². The van der Waals surface area contributed by atoms with Gasteiger partial charge in [-0.05, 0) is 35.9 Å². The van der Waals surface area contributed by atoms with Gasteiger partial charge in [-0.1, -0.05) is 12.1 Å². The van der Waals surface area contributed by atoms with Gasteiger partial charge in [-0.3, -0.25) is 4.79 Å². The highest BCUT2D eigenvalue weighted by Gasteiger charge is 2.27. The monoisotopic (exact) mass is 349 g/mol. The summed E-state index contributed by atoms with van der Waals surface area (Å²) in [7, 11) is 2.62. The Balaban J connectivity index is 2.31. The molecule has 0 fully saturated rings. The van der Waals surface area contributed by atoms with E-state index >= 15 is 0 Å². The average Bonchev–Trinajstić information content (AvgIpc) is 2.61. The van der Waals surface area contributed by atoms with Crippen molar-refractivity contribution < 1.29 is 27.8 Å². The molecule has 5 nitrogen and oxygen atoms in total. The maximum Gasteiger partial charge on any atom is 0.333 e. The van der Waals surface area contributed by atoms with Crippen molar-refractivity contribution in [2.45, 2.75) is 12.6 Å². The Morgan fingerprint density at radius 3 is 2.56 bits per heavy atom. The van der Waals surface area contributed by atoms with E-state index in [1.54, 1.807) is 18.2 Å². The first-order chi connectivity index (χ1) is 12.0. The Bertz CT molecular complexity index is 779. The number of hydrogen-bond donors (Lipinski definition) is 1. The van der Waals surface area contributed by atoms with Crippen LogP contribution < -0.4 is 5.32 Å². The van der Waals surface area contributed by atoms with Crippen LogP contribution in [0.4, 0.5) is 8.78 Å². The van der Waals surface area contributed by atoms with Gasteiger partial charge in [-0.2, -0.15) is 0 Å². The summed E-state index contributed by atoms with van der Waals surface area (Å²) in [5.41, 5.74) is 0.690. The van der Waals surface area contributed by atoms with E-state index in [2.05, 4.69) is 10.1 Å². The van der Waals surface area contributed by atoms with E-state index in [0.717, 1.165) is 30.9 Å². The van der Waals surface area contributed by atoms with Crippen LogP contribution in [0.3, 0.4) is 0 Å². The van der Waals surface area contributed by atoms with E-state index in [-0.39, 0.29) is 11.1 Å². The molecule has 0 aromatic heterocycles. The van der Waals surface area contributed by atoms with Gasteiger partial charge < -0.3 is 14.8 Å². The number of amides is 1. The second-order valence-electron chi connectivity index (χ2n) is 5.23. The van der Waals surface area contributed by atoms with Crippen LogP contribution in [0.15, 0.2) is 42.5 Å². The van der Waals surface area contributed by atoms with Crippen molar-refractivity contribution in [1.82, 2.24) is 5.32 Å². The van der Waals surface area contributed by atoms with Gasteiger partial charge in [0.15, 0.2) is 6.04 Å². The molecule has 2 aromatic rings. The van der Waals surface area contributed by atoms with Crippen LogP contribution in [0.1, 0.15) is 27.5 Å². The van der Waals surface area contributed by atoms with E-state index in [9.17, 15) is 18.4 Å². The number of benzene rings is 2. The van der Waals surface area contributed by atoms with Crippen LogP contribution in [-0.4, -0.2) is 26.1 Å². The Labute approximate surface area is 143 Å². The Hall–Kier alpha value is -2.80. The number of esters is 1. The summed E-state index contributed by atoms with van der Waals surface area (Å²) in [4.78, 5) is 24.4. The third-order valence-corrected chi connectivity index (χ3v) is 3.48. The smallest absolute Gasteiger partial charge is 0.333 e. The van der Waals surface area contributed by atoms with Gasteiger partial charge in [0, 0.05) is 18.2 Å². The van der Waals surface area contributed by atoms with Crippen molar-refractivity contribution in [3.63, 3.8) is 0 Å². The molecule has 0 aliphatic rings. The summed E-state index contributed by atoms with van der Waals surface area (Å²) in [6.45, 7) is 0.306. The van der Waals surface area contributed by atoms with E-state index in [4.69, 9.17) is 4.74 Å². The number of halogens is 2. The molecule has 25 heavy (non-hydrogen) atoms. The lowest BCUT2D eigenvalue weighted by Gasteiger charge is -2.18. The van der Waals surface area contributed by atoms with Gasteiger partial charge in [0.25, 0.3) is 5.91 Å². The Morgan fingerprint density at radius 1 is 1.12 bits per heavy atom. The van der Waals surface area contributed by atoms with Crippen LogP contribution in [0.25, 0.3) is 0 Å². The fourth-order valence-electron chi connectivity index (χ4n) is 2.30. The number of ether oxygens (including phenoxy) is 2. The maximum absolute atomic E-state index is 14.0. The Morgan fingerprint density at radius 2 is 1.88 bits per heavy atom. The van der Waals surface area contributed by atoms with Crippen molar-refractivity contribution in [3.8, 4) is 0 Å². The van der Waals surface area contributed by atoms with Gasteiger partial charge in [0.1, 0.15) is 11.6 Å². The molecule has 1 atom stereocenters. The van der Waals surface area contributed by atoms with Gasteiger partial charge in [0.05, 0.1) is 13.7 Å². The summed E-state index contributed by atoms with van der Waals surface area (Å²) < 4.78 is 37.0. The maximum atomic E-state index is 14.0. The lowest BCUT2D eigenvalue weighted by Crippen LogP contribution is -2.35. The number of carbonyl (C=O) groups is 2. The summed E-state index contributed by atoms with van der Waals surface area (Å²) in [6.07, 6.45) is 0.